The smallest absolute Gasteiger partial charge is 0.105 e. The highest BCUT2D eigenvalue weighted by atomic mass is 16.3. The van der Waals surface area contributed by atoms with Crippen LogP contribution in [0.2, 0.25) is 0 Å². The van der Waals surface area contributed by atoms with Crippen LogP contribution in [0.15, 0.2) is 5.18 Å². The van der Waals surface area contributed by atoms with Gasteiger partial charge in [-0.15, -0.1) is 0 Å². The van der Waals surface area contributed by atoms with Gasteiger partial charge in [0.25, 0.3) is 0 Å². The van der Waals surface area contributed by atoms with Gasteiger partial charge in [0.1, 0.15) is 5.54 Å². The van der Waals surface area contributed by atoms with Gasteiger partial charge in [-0.1, -0.05) is 30.9 Å². The van der Waals surface area contributed by atoms with Crippen molar-refractivity contribution < 1.29 is 0 Å². The van der Waals surface area contributed by atoms with E-state index in [1.807, 2.05) is 0 Å². The van der Waals surface area contributed by atoms with Crippen molar-refractivity contribution in [1.82, 2.24) is 0 Å². The second-order valence-electron chi connectivity index (χ2n) is 4.38. The summed E-state index contributed by atoms with van der Waals surface area (Å²) in [5, 5.41) is 3.45. The summed E-state index contributed by atoms with van der Waals surface area (Å²) in [5.74, 6) is 0.637. The minimum atomic E-state index is -0.115. The van der Waals surface area contributed by atoms with Crippen LogP contribution in [-0.4, -0.2) is 5.54 Å². The maximum absolute atomic E-state index is 10.9. The summed E-state index contributed by atoms with van der Waals surface area (Å²) in [5.41, 5.74) is -0.115. The van der Waals surface area contributed by atoms with Gasteiger partial charge in [-0.05, 0) is 31.6 Å². The lowest BCUT2D eigenvalue weighted by Crippen LogP contribution is -2.40. The molecule has 0 saturated heterocycles. The lowest BCUT2D eigenvalue weighted by atomic mass is 9.66. The second-order valence-corrected chi connectivity index (χ2v) is 4.38. The zero-order chi connectivity index (χ0) is 8.44. The van der Waals surface area contributed by atoms with Crippen LogP contribution in [-0.2, 0) is 0 Å². The van der Waals surface area contributed by atoms with Crippen LogP contribution in [0.4, 0.5) is 0 Å². The Morgan fingerprint density at radius 2 is 1.58 bits per heavy atom. The zero-order valence-corrected chi connectivity index (χ0v) is 7.59. The van der Waals surface area contributed by atoms with Gasteiger partial charge >= 0.3 is 0 Å². The first-order valence-electron chi connectivity index (χ1n) is 5.22. The van der Waals surface area contributed by atoms with Gasteiger partial charge < -0.3 is 0 Å². The number of nitrogens with zero attached hydrogens (tertiary/aromatic N) is 1. The Morgan fingerprint density at radius 3 is 2.00 bits per heavy atom. The first-order valence-corrected chi connectivity index (χ1v) is 5.22. The van der Waals surface area contributed by atoms with Gasteiger partial charge in [-0.3, -0.25) is 0 Å². The molecule has 0 aliphatic heterocycles. The molecule has 68 valence electrons. The number of fused-ring (bicyclic) bond motifs is 1. The molecular weight excluding hydrogens is 150 g/mol. The van der Waals surface area contributed by atoms with E-state index in [0.29, 0.717) is 5.92 Å². The fourth-order valence-corrected chi connectivity index (χ4v) is 3.02. The standard InChI is InChI=1S/C10H17NO/c12-11-10-7-3-1-5-9(10)6-2-4-8-10/h9H,1-8H2. The van der Waals surface area contributed by atoms with Crippen molar-refractivity contribution in [2.24, 2.45) is 11.1 Å². The lowest BCUT2D eigenvalue weighted by molar-refractivity contribution is 0.131. The zero-order valence-electron chi connectivity index (χ0n) is 7.59. The molecule has 0 amide bonds. The molecule has 12 heavy (non-hydrogen) atoms. The fraction of sp³-hybridized carbons (Fsp3) is 1.00. The van der Waals surface area contributed by atoms with Crippen molar-refractivity contribution in [3.8, 4) is 0 Å². The molecule has 2 saturated carbocycles. The van der Waals surface area contributed by atoms with E-state index in [9.17, 15) is 4.91 Å². The molecule has 2 nitrogen and oxygen atoms in total. The molecule has 0 heterocycles. The van der Waals surface area contributed by atoms with Crippen LogP contribution < -0.4 is 0 Å². The summed E-state index contributed by atoms with van der Waals surface area (Å²) < 4.78 is 0. The highest BCUT2D eigenvalue weighted by Crippen LogP contribution is 2.46. The van der Waals surface area contributed by atoms with E-state index in [4.69, 9.17) is 0 Å². The summed E-state index contributed by atoms with van der Waals surface area (Å²) in [7, 11) is 0. The van der Waals surface area contributed by atoms with E-state index in [2.05, 4.69) is 5.18 Å². The highest BCUT2D eigenvalue weighted by molar-refractivity contribution is 4.99. The van der Waals surface area contributed by atoms with Crippen LogP contribution in [0.25, 0.3) is 0 Å². The molecular formula is C10H17NO. The van der Waals surface area contributed by atoms with Crippen molar-refractivity contribution >= 4 is 0 Å². The van der Waals surface area contributed by atoms with Gasteiger partial charge in [0, 0.05) is 0 Å². The van der Waals surface area contributed by atoms with E-state index >= 15 is 0 Å². The van der Waals surface area contributed by atoms with Crippen molar-refractivity contribution in [3.63, 3.8) is 0 Å². The summed E-state index contributed by atoms with van der Waals surface area (Å²) in [6, 6.07) is 0. The Labute approximate surface area is 73.7 Å². The van der Waals surface area contributed by atoms with Crippen LogP contribution in [0, 0.1) is 10.8 Å². The van der Waals surface area contributed by atoms with Gasteiger partial charge in [0.2, 0.25) is 0 Å². The molecule has 2 aliphatic carbocycles. The Balaban J connectivity index is 2.15. The summed E-state index contributed by atoms with van der Waals surface area (Å²) in [4.78, 5) is 10.9. The predicted octanol–water partition coefficient (Wildman–Crippen LogP) is 3.26. The van der Waals surface area contributed by atoms with Crippen LogP contribution >= 0.6 is 0 Å². The van der Waals surface area contributed by atoms with E-state index in [-0.39, 0.29) is 5.54 Å². The molecule has 2 rings (SSSR count). The largest absolute Gasteiger partial charge is 0.150 e. The second kappa shape index (κ2) is 3.15. The number of rotatable bonds is 1. The van der Waals surface area contributed by atoms with Crippen LogP contribution in [0.3, 0.4) is 0 Å². The quantitative estimate of drug-likeness (QED) is 0.551. The first kappa shape index (κ1) is 8.21. The molecule has 2 fully saturated rings. The topological polar surface area (TPSA) is 29.4 Å². The number of nitroso groups, excluding NO2 is 1. The highest BCUT2D eigenvalue weighted by Gasteiger charge is 2.43. The van der Waals surface area contributed by atoms with Crippen LogP contribution in [0.5, 0.6) is 0 Å². The monoisotopic (exact) mass is 167 g/mol. The molecule has 0 radical (unpaired) electrons. The Hall–Kier alpha value is -0.400. The molecule has 2 heteroatoms. The van der Waals surface area contributed by atoms with E-state index in [1.54, 1.807) is 0 Å². The summed E-state index contributed by atoms with van der Waals surface area (Å²) in [6.45, 7) is 0. The first-order chi connectivity index (χ1) is 5.87. The summed E-state index contributed by atoms with van der Waals surface area (Å²) in [6.07, 6.45) is 9.74. The third-order valence-corrected chi connectivity index (χ3v) is 3.77. The number of hydrogen-bond donors (Lipinski definition) is 0. The fourth-order valence-electron chi connectivity index (χ4n) is 3.02. The molecule has 0 aromatic heterocycles. The molecule has 0 unspecified atom stereocenters. The van der Waals surface area contributed by atoms with Gasteiger partial charge in [0.05, 0.1) is 0 Å². The van der Waals surface area contributed by atoms with Crippen LogP contribution in [0.1, 0.15) is 51.4 Å². The summed E-state index contributed by atoms with van der Waals surface area (Å²) >= 11 is 0. The number of hydrogen-bond acceptors (Lipinski definition) is 2. The third kappa shape index (κ3) is 1.17. The molecule has 0 aromatic carbocycles. The van der Waals surface area contributed by atoms with Crippen molar-refractivity contribution in [1.29, 1.82) is 0 Å². The maximum atomic E-state index is 10.9. The van der Waals surface area contributed by atoms with Gasteiger partial charge in [-0.25, -0.2) is 0 Å². The minimum Gasteiger partial charge on any atom is -0.150 e. The Morgan fingerprint density at radius 1 is 1.00 bits per heavy atom. The minimum absolute atomic E-state index is 0.115. The lowest BCUT2D eigenvalue weighted by Gasteiger charge is -2.41. The van der Waals surface area contributed by atoms with E-state index < -0.39 is 0 Å². The maximum Gasteiger partial charge on any atom is 0.105 e. The molecule has 0 atom stereocenters. The molecule has 0 N–H and O–H groups in total. The Bertz CT molecular complexity index is 167. The SMILES string of the molecule is O=NC12CCCCC1CCCC2. The van der Waals surface area contributed by atoms with Crippen molar-refractivity contribution in [2.75, 3.05) is 0 Å². The predicted molar refractivity (Wildman–Crippen MR) is 49.0 cm³/mol. The molecule has 2 aliphatic rings. The van der Waals surface area contributed by atoms with Crippen molar-refractivity contribution in [3.05, 3.63) is 4.91 Å². The van der Waals surface area contributed by atoms with E-state index in [1.165, 1.54) is 38.5 Å². The van der Waals surface area contributed by atoms with Gasteiger partial charge in [0.15, 0.2) is 0 Å². The molecule has 0 spiro atoms. The van der Waals surface area contributed by atoms with E-state index in [0.717, 1.165) is 12.8 Å². The van der Waals surface area contributed by atoms with Gasteiger partial charge in [-0.2, -0.15) is 4.91 Å². The average molecular weight is 167 g/mol. The average Bonchev–Trinajstić information content (AvgIpc) is 2.18. The third-order valence-electron chi connectivity index (χ3n) is 3.77. The normalized spacial score (nSPS) is 41.8. The molecule has 0 aromatic rings. The van der Waals surface area contributed by atoms with Crippen molar-refractivity contribution in [2.45, 2.75) is 56.9 Å². The molecule has 0 bridgehead atoms. The Kier molecular flexibility index (Phi) is 2.16.